The maximum absolute atomic E-state index is 13.2. The summed E-state index contributed by atoms with van der Waals surface area (Å²) >= 11 is 2.74. The number of amides is 2. The third-order valence-electron chi connectivity index (χ3n) is 5.33. The van der Waals surface area contributed by atoms with Gasteiger partial charge in [0.2, 0.25) is 5.91 Å². The van der Waals surface area contributed by atoms with Gasteiger partial charge >= 0.3 is 0 Å². The van der Waals surface area contributed by atoms with E-state index >= 15 is 0 Å². The number of methoxy groups -OCH3 is 1. The minimum absolute atomic E-state index is 0.154. The van der Waals surface area contributed by atoms with Gasteiger partial charge in [0.15, 0.2) is 0 Å². The van der Waals surface area contributed by atoms with E-state index in [1.54, 1.807) is 31.4 Å². The molecular formula is C23H25N3O4S2. The SMILES string of the molecule is COc1ccc(NC(=O)c2c(NC(=O)CSc3nc(C)c(C)o3)sc3c2CCCC3)cc1. The molecule has 4 rings (SSSR count). The molecule has 2 N–H and O–H groups in total. The predicted molar refractivity (Wildman–Crippen MR) is 127 cm³/mol. The van der Waals surface area contributed by atoms with Crippen LogP contribution in [0.15, 0.2) is 33.9 Å². The van der Waals surface area contributed by atoms with Gasteiger partial charge in [-0.25, -0.2) is 4.98 Å². The minimum atomic E-state index is -0.212. The molecular weight excluding hydrogens is 446 g/mol. The fourth-order valence-electron chi connectivity index (χ4n) is 3.56. The van der Waals surface area contributed by atoms with Crippen molar-refractivity contribution in [3.05, 3.63) is 51.7 Å². The summed E-state index contributed by atoms with van der Waals surface area (Å²) in [4.78, 5) is 31.3. The summed E-state index contributed by atoms with van der Waals surface area (Å²) in [6.07, 6.45) is 3.91. The van der Waals surface area contributed by atoms with Crippen LogP contribution in [0.5, 0.6) is 5.75 Å². The van der Waals surface area contributed by atoms with Crippen LogP contribution in [0.3, 0.4) is 0 Å². The molecule has 1 aliphatic rings. The highest BCUT2D eigenvalue weighted by Gasteiger charge is 2.26. The molecule has 3 aromatic rings. The Morgan fingerprint density at radius 3 is 2.59 bits per heavy atom. The van der Waals surface area contributed by atoms with Crippen LogP contribution in [0.2, 0.25) is 0 Å². The largest absolute Gasteiger partial charge is 0.497 e. The Hall–Kier alpha value is -2.78. The number of thioether (sulfide) groups is 1. The van der Waals surface area contributed by atoms with Crippen LogP contribution in [-0.4, -0.2) is 29.7 Å². The molecule has 1 aromatic carbocycles. The van der Waals surface area contributed by atoms with Gasteiger partial charge in [0.1, 0.15) is 16.5 Å². The molecule has 32 heavy (non-hydrogen) atoms. The molecule has 168 valence electrons. The number of oxazole rings is 1. The molecule has 7 nitrogen and oxygen atoms in total. The van der Waals surface area contributed by atoms with Gasteiger partial charge in [0.05, 0.1) is 24.1 Å². The van der Waals surface area contributed by atoms with E-state index in [-0.39, 0.29) is 17.6 Å². The van der Waals surface area contributed by atoms with Gasteiger partial charge in [-0.05, 0) is 69.4 Å². The number of carbonyl (C=O) groups excluding carboxylic acids is 2. The normalized spacial score (nSPS) is 12.8. The predicted octanol–water partition coefficient (Wildman–Crippen LogP) is 5.22. The first-order valence-electron chi connectivity index (χ1n) is 10.4. The van der Waals surface area contributed by atoms with Crippen molar-refractivity contribution in [1.29, 1.82) is 0 Å². The van der Waals surface area contributed by atoms with Crippen LogP contribution < -0.4 is 15.4 Å². The molecule has 2 amide bonds. The zero-order chi connectivity index (χ0) is 22.7. The van der Waals surface area contributed by atoms with E-state index in [0.29, 0.717) is 21.5 Å². The van der Waals surface area contributed by atoms with Crippen LogP contribution in [0, 0.1) is 13.8 Å². The summed E-state index contributed by atoms with van der Waals surface area (Å²) in [5.74, 6) is 1.22. The van der Waals surface area contributed by atoms with E-state index in [4.69, 9.17) is 9.15 Å². The Morgan fingerprint density at radius 1 is 1.16 bits per heavy atom. The zero-order valence-electron chi connectivity index (χ0n) is 18.2. The summed E-state index contributed by atoms with van der Waals surface area (Å²) in [5, 5.41) is 6.99. The lowest BCUT2D eigenvalue weighted by molar-refractivity contribution is -0.113. The number of carbonyl (C=O) groups is 2. The number of rotatable bonds is 7. The quantitative estimate of drug-likeness (QED) is 0.459. The van der Waals surface area contributed by atoms with Gasteiger partial charge in [-0.2, -0.15) is 0 Å². The van der Waals surface area contributed by atoms with Gasteiger partial charge in [0.25, 0.3) is 11.1 Å². The van der Waals surface area contributed by atoms with Crippen molar-refractivity contribution >= 4 is 45.6 Å². The van der Waals surface area contributed by atoms with Crippen molar-refractivity contribution in [2.24, 2.45) is 0 Å². The van der Waals surface area contributed by atoms with Crippen molar-refractivity contribution in [3.8, 4) is 5.75 Å². The Morgan fingerprint density at radius 2 is 1.91 bits per heavy atom. The van der Waals surface area contributed by atoms with E-state index in [1.807, 2.05) is 13.8 Å². The monoisotopic (exact) mass is 471 g/mol. The summed E-state index contributed by atoms with van der Waals surface area (Å²) in [6.45, 7) is 3.71. The van der Waals surface area contributed by atoms with Gasteiger partial charge in [-0.1, -0.05) is 11.8 Å². The number of benzene rings is 1. The van der Waals surface area contributed by atoms with Crippen LogP contribution in [0.4, 0.5) is 10.7 Å². The average molecular weight is 472 g/mol. The standard InChI is InChI=1S/C23H25N3O4S2/c1-13-14(2)30-23(24-13)31-12-19(27)26-22-20(17-6-4-5-7-18(17)32-22)21(28)25-15-8-10-16(29-3)11-9-15/h8-11H,4-7,12H2,1-3H3,(H,25,28)(H,26,27). The van der Waals surface area contributed by atoms with Crippen molar-refractivity contribution in [2.45, 2.75) is 44.8 Å². The van der Waals surface area contributed by atoms with E-state index in [2.05, 4.69) is 15.6 Å². The zero-order valence-corrected chi connectivity index (χ0v) is 19.9. The van der Waals surface area contributed by atoms with Gasteiger partial charge < -0.3 is 19.8 Å². The smallest absolute Gasteiger partial charge is 0.258 e. The Bertz CT molecular complexity index is 1120. The van der Waals surface area contributed by atoms with Crippen molar-refractivity contribution in [2.75, 3.05) is 23.5 Å². The molecule has 1 aliphatic carbocycles. The fraction of sp³-hybridized carbons (Fsp3) is 0.348. The summed E-state index contributed by atoms with van der Waals surface area (Å²) in [6, 6.07) is 7.19. The topological polar surface area (TPSA) is 93.5 Å². The van der Waals surface area contributed by atoms with Gasteiger partial charge in [-0.15, -0.1) is 11.3 Å². The molecule has 0 unspecified atom stereocenters. The summed E-state index contributed by atoms with van der Waals surface area (Å²) in [7, 11) is 1.60. The van der Waals surface area contributed by atoms with Crippen molar-refractivity contribution in [3.63, 3.8) is 0 Å². The third-order valence-corrected chi connectivity index (χ3v) is 7.37. The van der Waals surface area contributed by atoms with Gasteiger partial charge in [-0.3, -0.25) is 9.59 Å². The molecule has 0 bridgehead atoms. The number of ether oxygens (including phenoxy) is 1. The molecule has 2 heterocycles. The van der Waals surface area contributed by atoms with E-state index in [1.165, 1.54) is 28.0 Å². The molecule has 0 fully saturated rings. The number of nitrogens with one attached hydrogen (secondary N) is 2. The molecule has 0 aliphatic heterocycles. The van der Waals surface area contributed by atoms with Crippen LogP contribution in [-0.2, 0) is 17.6 Å². The average Bonchev–Trinajstić information content (AvgIpc) is 3.31. The van der Waals surface area contributed by atoms with E-state index in [0.717, 1.165) is 48.5 Å². The van der Waals surface area contributed by atoms with Crippen molar-refractivity contribution < 1.29 is 18.7 Å². The molecule has 0 atom stereocenters. The number of anilines is 2. The first-order valence-corrected chi connectivity index (χ1v) is 12.2. The highest BCUT2D eigenvalue weighted by atomic mass is 32.2. The molecule has 0 radical (unpaired) electrons. The fourth-order valence-corrected chi connectivity index (χ4v) is 5.57. The minimum Gasteiger partial charge on any atom is -0.497 e. The second-order valence-electron chi connectivity index (χ2n) is 7.56. The maximum Gasteiger partial charge on any atom is 0.258 e. The summed E-state index contributed by atoms with van der Waals surface area (Å²) in [5.41, 5.74) is 3.11. The highest BCUT2D eigenvalue weighted by molar-refractivity contribution is 7.99. The second-order valence-corrected chi connectivity index (χ2v) is 9.59. The summed E-state index contributed by atoms with van der Waals surface area (Å²) < 4.78 is 10.7. The lowest BCUT2D eigenvalue weighted by atomic mass is 9.95. The number of hydrogen-bond acceptors (Lipinski definition) is 7. The lowest BCUT2D eigenvalue weighted by Gasteiger charge is -2.13. The maximum atomic E-state index is 13.2. The van der Waals surface area contributed by atoms with Crippen molar-refractivity contribution in [1.82, 2.24) is 4.98 Å². The van der Waals surface area contributed by atoms with Gasteiger partial charge in [0, 0.05) is 10.6 Å². The van der Waals surface area contributed by atoms with Crippen LogP contribution >= 0.6 is 23.1 Å². The number of aromatic nitrogens is 1. The third kappa shape index (κ3) is 4.99. The number of aryl methyl sites for hydroxylation is 3. The van der Waals surface area contributed by atoms with Crippen LogP contribution in [0.1, 0.15) is 45.1 Å². The number of thiophene rings is 1. The number of nitrogens with zero attached hydrogens (tertiary/aromatic N) is 1. The van der Waals surface area contributed by atoms with E-state index < -0.39 is 0 Å². The van der Waals surface area contributed by atoms with Crippen LogP contribution in [0.25, 0.3) is 0 Å². The molecule has 0 saturated carbocycles. The first-order chi connectivity index (χ1) is 15.4. The Balaban J connectivity index is 1.50. The second kappa shape index (κ2) is 9.79. The first kappa shape index (κ1) is 22.4. The van der Waals surface area contributed by atoms with E-state index in [9.17, 15) is 9.59 Å². The number of fused-ring (bicyclic) bond motifs is 1. The Kier molecular flexibility index (Phi) is 6.86. The Labute approximate surface area is 195 Å². The highest BCUT2D eigenvalue weighted by Crippen LogP contribution is 2.38. The molecule has 9 heteroatoms. The molecule has 0 saturated heterocycles. The number of hydrogen-bond donors (Lipinski definition) is 2. The molecule has 2 aromatic heterocycles. The molecule has 0 spiro atoms. The lowest BCUT2D eigenvalue weighted by Crippen LogP contribution is -2.19.